The summed E-state index contributed by atoms with van der Waals surface area (Å²) in [5.74, 6) is 0. The highest BCUT2D eigenvalue weighted by Crippen LogP contribution is 2.24. The van der Waals surface area contributed by atoms with Gasteiger partial charge in [-0.15, -0.1) is 0 Å². The van der Waals surface area contributed by atoms with Crippen LogP contribution >= 0.6 is 0 Å². The lowest BCUT2D eigenvalue weighted by atomic mass is 10.0. The summed E-state index contributed by atoms with van der Waals surface area (Å²) in [5, 5.41) is 2.94. The van der Waals surface area contributed by atoms with Gasteiger partial charge in [-0.05, 0) is 38.5 Å². The average molecular weight is 234 g/mol. The first-order valence-corrected chi connectivity index (χ1v) is 5.55. The van der Waals surface area contributed by atoms with E-state index in [-0.39, 0.29) is 0 Å². The van der Waals surface area contributed by atoms with Crippen molar-refractivity contribution in [1.29, 1.82) is 0 Å². The molecule has 1 heterocycles. The number of nitrogens with zero attached hydrogens (tertiary/aromatic N) is 1. The Labute approximate surface area is 102 Å². The van der Waals surface area contributed by atoms with Gasteiger partial charge in [-0.25, -0.2) is 4.39 Å². The number of aromatic nitrogens is 1. The van der Waals surface area contributed by atoms with Crippen molar-refractivity contribution in [3.05, 3.63) is 47.9 Å². The highest BCUT2D eigenvalue weighted by molar-refractivity contribution is 5.63. The van der Waals surface area contributed by atoms with Crippen LogP contribution in [-0.4, -0.2) is 12.0 Å². The second-order valence-electron chi connectivity index (χ2n) is 4.51. The molecule has 0 radical (unpaired) electrons. The van der Waals surface area contributed by atoms with E-state index in [9.17, 15) is 4.39 Å². The molecule has 0 spiro atoms. The van der Waals surface area contributed by atoms with E-state index in [1.165, 1.54) is 13.8 Å². The highest BCUT2D eigenvalue weighted by atomic mass is 19.1. The predicted octanol–water partition coefficient (Wildman–Crippen LogP) is 3.42. The van der Waals surface area contributed by atoms with Crippen molar-refractivity contribution < 1.29 is 4.39 Å². The summed E-state index contributed by atoms with van der Waals surface area (Å²) in [5.41, 5.74) is 1.88. The molecule has 0 amide bonds. The lowest BCUT2D eigenvalue weighted by Crippen LogP contribution is -2.09. The summed E-state index contributed by atoms with van der Waals surface area (Å²) in [4.78, 5) is 4.26. The quantitative estimate of drug-likeness (QED) is 0.807. The summed E-state index contributed by atoms with van der Waals surface area (Å²) in [7, 11) is 1.81. The minimum atomic E-state index is -1.35. The molecule has 0 aliphatic carbocycles. The van der Waals surface area contributed by atoms with Crippen LogP contribution in [0.15, 0.2) is 36.7 Å². The third kappa shape index (κ3) is 3.70. The average Bonchev–Trinajstić information content (AvgIpc) is 2.27. The molecule has 17 heavy (non-hydrogen) atoms. The van der Waals surface area contributed by atoms with Crippen molar-refractivity contribution in [3.63, 3.8) is 0 Å². The molecule has 0 bridgehead atoms. The second kappa shape index (κ2) is 5.13. The Hall–Kier alpha value is -1.64. The minimum absolute atomic E-state index is 0.585. The van der Waals surface area contributed by atoms with Gasteiger partial charge in [0.1, 0.15) is 5.67 Å². The van der Waals surface area contributed by atoms with Gasteiger partial charge >= 0.3 is 0 Å². The van der Waals surface area contributed by atoms with E-state index in [0.717, 1.165) is 17.0 Å². The van der Waals surface area contributed by atoms with Crippen LogP contribution in [0.4, 0.5) is 4.39 Å². The smallest absolute Gasteiger partial charge is 0.131 e. The third-order valence-corrected chi connectivity index (χ3v) is 2.57. The summed E-state index contributed by atoms with van der Waals surface area (Å²) in [6, 6.07) is 3.59. The molecule has 0 aliphatic rings. The molecule has 1 N–H and O–H groups in total. The molecule has 0 atom stereocenters. The normalized spacial score (nSPS) is 12.4. The Morgan fingerprint density at radius 1 is 1.47 bits per heavy atom. The van der Waals surface area contributed by atoms with Crippen LogP contribution in [0.2, 0.25) is 0 Å². The van der Waals surface area contributed by atoms with Crippen molar-refractivity contribution >= 4 is 5.57 Å². The molecular formula is C14H19FN2. The summed E-state index contributed by atoms with van der Waals surface area (Å²) < 4.78 is 13.6. The number of rotatable bonds is 4. The third-order valence-electron chi connectivity index (χ3n) is 2.57. The van der Waals surface area contributed by atoms with Crippen LogP contribution in [-0.2, 0) is 5.67 Å². The SMILES string of the molecule is C=C(/C=C(\C)c1ccc(C(C)(C)F)cn1)NC. The monoisotopic (exact) mass is 234 g/mol. The van der Waals surface area contributed by atoms with Gasteiger partial charge in [0.15, 0.2) is 0 Å². The molecule has 0 saturated carbocycles. The molecule has 0 saturated heterocycles. The van der Waals surface area contributed by atoms with Crippen molar-refractivity contribution in [2.24, 2.45) is 0 Å². The van der Waals surface area contributed by atoms with Crippen molar-refractivity contribution in [3.8, 4) is 0 Å². The maximum Gasteiger partial charge on any atom is 0.131 e. The second-order valence-corrected chi connectivity index (χ2v) is 4.51. The molecule has 2 nitrogen and oxygen atoms in total. The fourth-order valence-electron chi connectivity index (χ4n) is 1.39. The molecule has 1 aromatic heterocycles. The van der Waals surface area contributed by atoms with Crippen LogP contribution in [0.1, 0.15) is 32.0 Å². The lowest BCUT2D eigenvalue weighted by molar-refractivity contribution is 0.221. The van der Waals surface area contributed by atoms with E-state index in [2.05, 4.69) is 16.9 Å². The number of pyridine rings is 1. The maximum atomic E-state index is 13.6. The molecule has 0 unspecified atom stereocenters. The van der Waals surface area contributed by atoms with E-state index in [4.69, 9.17) is 0 Å². The topological polar surface area (TPSA) is 24.9 Å². The summed E-state index contributed by atoms with van der Waals surface area (Å²) in [6.07, 6.45) is 3.48. The summed E-state index contributed by atoms with van der Waals surface area (Å²) >= 11 is 0. The molecule has 92 valence electrons. The van der Waals surface area contributed by atoms with Crippen molar-refractivity contribution in [1.82, 2.24) is 10.3 Å². The number of hydrogen-bond donors (Lipinski definition) is 1. The largest absolute Gasteiger partial charge is 0.389 e. The lowest BCUT2D eigenvalue weighted by Gasteiger charge is -2.14. The zero-order chi connectivity index (χ0) is 13.1. The number of halogens is 1. The first-order chi connectivity index (χ1) is 7.84. The Kier molecular flexibility index (Phi) is 4.05. The van der Waals surface area contributed by atoms with E-state index >= 15 is 0 Å². The zero-order valence-electron chi connectivity index (χ0n) is 10.8. The molecule has 0 aliphatic heterocycles. The Balaban J connectivity index is 2.96. The number of hydrogen-bond acceptors (Lipinski definition) is 2. The van der Waals surface area contributed by atoms with Crippen molar-refractivity contribution in [2.45, 2.75) is 26.4 Å². The zero-order valence-corrected chi connectivity index (χ0v) is 10.8. The first-order valence-electron chi connectivity index (χ1n) is 5.55. The number of nitrogens with one attached hydrogen (secondary N) is 1. The Morgan fingerprint density at radius 2 is 2.12 bits per heavy atom. The van der Waals surface area contributed by atoms with Gasteiger partial charge in [0, 0.05) is 24.5 Å². The van der Waals surface area contributed by atoms with E-state index in [0.29, 0.717) is 5.56 Å². The number of alkyl halides is 1. The van der Waals surface area contributed by atoms with Crippen molar-refractivity contribution in [2.75, 3.05) is 7.05 Å². The molecule has 1 rings (SSSR count). The molecular weight excluding hydrogens is 215 g/mol. The van der Waals surface area contributed by atoms with Crippen LogP contribution in [0.25, 0.3) is 5.57 Å². The molecule has 3 heteroatoms. The standard InChI is InChI=1S/C14H19FN2/c1-10(8-11(2)16-5)13-7-6-12(9-17-13)14(3,4)15/h6-9,16H,2H2,1,3-5H3/b10-8+. The fraction of sp³-hybridized carbons (Fsp3) is 0.357. The fourth-order valence-corrected chi connectivity index (χ4v) is 1.39. The molecule has 0 fully saturated rings. The maximum absolute atomic E-state index is 13.6. The van der Waals surface area contributed by atoms with Crippen LogP contribution in [0.3, 0.4) is 0 Å². The molecule has 1 aromatic rings. The van der Waals surface area contributed by atoms with Gasteiger partial charge in [0.05, 0.1) is 5.69 Å². The van der Waals surface area contributed by atoms with E-state index in [1.54, 1.807) is 12.3 Å². The predicted molar refractivity (Wildman–Crippen MR) is 70.2 cm³/mol. The number of allylic oxidation sites excluding steroid dienone is 2. The first kappa shape index (κ1) is 13.4. The minimum Gasteiger partial charge on any atom is -0.389 e. The van der Waals surface area contributed by atoms with Crippen LogP contribution < -0.4 is 5.32 Å². The van der Waals surface area contributed by atoms with Gasteiger partial charge < -0.3 is 5.32 Å². The van der Waals surface area contributed by atoms with Crippen LogP contribution in [0.5, 0.6) is 0 Å². The van der Waals surface area contributed by atoms with E-state index in [1.807, 2.05) is 26.1 Å². The van der Waals surface area contributed by atoms with Crippen LogP contribution in [0, 0.1) is 0 Å². The number of likely N-dealkylation sites (N-methyl/N-ethyl adjacent to an activating group) is 1. The highest BCUT2D eigenvalue weighted by Gasteiger charge is 2.18. The van der Waals surface area contributed by atoms with Gasteiger partial charge in [-0.1, -0.05) is 12.6 Å². The van der Waals surface area contributed by atoms with Gasteiger partial charge in [-0.3, -0.25) is 4.98 Å². The molecule has 0 aromatic carbocycles. The van der Waals surface area contributed by atoms with E-state index < -0.39 is 5.67 Å². The summed E-state index contributed by atoms with van der Waals surface area (Å²) in [6.45, 7) is 8.82. The van der Waals surface area contributed by atoms with Gasteiger partial charge in [-0.2, -0.15) is 0 Å². The van der Waals surface area contributed by atoms with Gasteiger partial charge in [0.2, 0.25) is 0 Å². The Morgan fingerprint density at radius 3 is 2.53 bits per heavy atom. The Bertz CT molecular complexity index is 425. The van der Waals surface area contributed by atoms with Gasteiger partial charge in [0.25, 0.3) is 0 Å².